The van der Waals surface area contributed by atoms with Gasteiger partial charge in [-0.05, 0) is 25.3 Å². The van der Waals surface area contributed by atoms with E-state index >= 15 is 0 Å². The first-order valence-electron chi connectivity index (χ1n) is 6.72. The second kappa shape index (κ2) is 3.99. The lowest BCUT2D eigenvalue weighted by Gasteiger charge is -2.36. The monoisotopic (exact) mass is 243 g/mol. The molecule has 2 aliphatic rings. The van der Waals surface area contributed by atoms with Gasteiger partial charge < -0.3 is 14.6 Å². The first kappa shape index (κ1) is 10.4. The van der Waals surface area contributed by atoms with Crippen molar-refractivity contribution in [3.05, 3.63) is 24.6 Å². The van der Waals surface area contributed by atoms with E-state index in [9.17, 15) is 0 Å². The second-order valence-corrected chi connectivity index (χ2v) is 5.34. The van der Waals surface area contributed by atoms with Crippen molar-refractivity contribution < 1.29 is 4.42 Å². The first-order valence-corrected chi connectivity index (χ1v) is 6.72. The van der Waals surface area contributed by atoms with Crippen molar-refractivity contribution in [2.75, 3.05) is 24.5 Å². The van der Waals surface area contributed by atoms with E-state index in [2.05, 4.69) is 21.3 Å². The number of hydrogen-bond acceptors (Lipinski definition) is 4. The molecule has 0 unspecified atom stereocenters. The van der Waals surface area contributed by atoms with Gasteiger partial charge in [0.25, 0.3) is 0 Å². The van der Waals surface area contributed by atoms with Crippen LogP contribution in [0.2, 0.25) is 0 Å². The molecule has 4 heteroatoms. The van der Waals surface area contributed by atoms with Gasteiger partial charge in [-0.1, -0.05) is 0 Å². The van der Waals surface area contributed by atoms with Gasteiger partial charge >= 0.3 is 0 Å². The maximum absolute atomic E-state index is 5.43. The van der Waals surface area contributed by atoms with Crippen LogP contribution in [-0.2, 0) is 0 Å². The van der Waals surface area contributed by atoms with Crippen LogP contribution < -0.4 is 10.2 Å². The molecular weight excluding hydrogens is 226 g/mol. The number of rotatable bonds is 1. The molecule has 94 valence electrons. The molecule has 0 bridgehead atoms. The minimum absolute atomic E-state index is 0.658. The van der Waals surface area contributed by atoms with Crippen LogP contribution >= 0.6 is 0 Å². The Hall–Kier alpha value is -1.55. The quantitative estimate of drug-likeness (QED) is 0.832. The molecule has 0 radical (unpaired) electrons. The Bertz CT molecular complexity index is 565. The highest BCUT2D eigenvalue weighted by atomic mass is 16.3. The molecular formula is C14H17N3O. The fraction of sp³-hybridized carbons (Fsp3) is 0.500. The molecule has 2 aliphatic heterocycles. The molecule has 0 aliphatic carbocycles. The van der Waals surface area contributed by atoms with Crippen LogP contribution in [0.5, 0.6) is 0 Å². The van der Waals surface area contributed by atoms with Crippen molar-refractivity contribution in [3.8, 4) is 0 Å². The number of hydrogen-bond donors (Lipinski definition) is 1. The Labute approximate surface area is 106 Å². The summed E-state index contributed by atoms with van der Waals surface area (Å²) in [6.07, 6.45) is 6.29. The molecule has 2 atom stereocenters. The lowest BCUT2D eigenvalue weighted by atomic mass is 9.92. The van der Waals surface area contributed by atoms with E-state index in [4.69, 9.17) is 4.42 Å². The van der Waals surface area contributed by atoms with Crippen molar-refractivity contribution in [2.24, 2.45) is 5.92 Å². The van der Waals surface area contributed by atoms with Gasteiger partial charge in [0, 0.05) is 31.3 Å². The molecule has 4 nitrogen and oxygen atoms in total. The maximum Gasteiger partial charge on any atom is 0.154 e. The Morgan fingerprint density at radius 3 is 3.39 bits per heavy atom. The average Bonchev–Trinajstić information content (AvgIpc) is 3.05. The molecule has 0 aromatic carbocycles. The van der Waals surface area contributed by atoms with Crippen molar-refractivity contribution in [2.45, 2.75) is 18.9 Å². The van der Waals surface area contributed by atoms with Gasteiger partial charge in [-0.2, -0.15) is 0 Å². The van der Waals surface area contributed by atoms with E-state index in [0.717, 1.165) is 30.1 Å². The Kier molecular flexibility index (Phi) is 2.30. The number of nitrogens with one attached hydrogen (secondary N) is 1. The minimum atomic E-state index is 0.658. The van der Waals surface area contributed by atoms with E-state index in [1.165, 1.54) is 25.1 Å². The third-order valence-electron chi connectivity index (χ3n) is 4.33. The highest BCUT2D eigenvalue weighted by Gasteiger charge is 2.32. The fourth-order valence-electron chi connectivity index (χ4n) is 3.28. The summed E-state index contributed by atoms with van der Waals surface area (Å²) in [6, 6.07) is 4.67. The van der Waals surface area contributed by atoms with Crippen LogP contribution in [-0.4, -0.2) is 30.7 Å². The molecule has 0 spiro atoms. The summed E-state index contributed by atoms with van der Waals surface area (Å²) in [7, 11) is 0. The molecule has 18 heavy (non-hydrogen) atoms. The number of piperidine rings is 1. The summed E-state index contributed by atoms with van der Waals surface area (Å²) in [5.41, 5.74) is 3.01. The number of nitrogens with zero attached hydrogens (tertiary/aromatic N) is 2. The van der Waals surface area contributed by atoms with E-state index < -0.39 is 0 Å². The molecule has 4 rings (SSSR count). The van der Waals surface area contributed by atoms with Crippen molar-refractivity contribution in [1.82, 2.24) is 10.3 Å². The van der Waals surface area contributed by atoms with Gasteiger partial charge in [0.15, 0.2) is 5.58 Å². The molecule has 1 N–H and O–H groups in total. The second-order valence-electron chi connectivity index (χ2n) is 5.34. The zero-order chi connectivity index (χ0) is 11.9. The topological polar surface area (TPSA) is 41.3 Å². The van der Waals surface area contributed by atoms with Gasteiger partial charge in [-0.3, -0.25) is 4.98 Å². The summed E-state index contributed by atoms with van der Waals surface area (Å²) >= 11 is 0. The van der Waals surface area contributed by atoms with Crippen LogP contribution in [0.4, 0.5) is 5.69 Å². The third-order valence-corrected chi connectivity index (χ3v) is 4.33. The molecule has 2 aromatic heterocycles. The van der Waals surface area contributed by atoms with Crippen LogP contribution in [0.3, 0.4) is 0 Å². The SMILES string of the molecule is c1cc2ncc(N3CC[C@@H]4CCN[C@@H]4C3)cc2o1. The predicted octanol–water partition coefficient (Wildman–Crippen LogP) is 2.02. The minimum Gasteiger partial charge on any atom is -0.463 e. The Balaban J connectivity index is 1.62. The predicted molar refractivity (Wildman–Crippen MR) is 70.7 cm³/mol. The normalized spacial score (nSPS) is 27.7. The van der Waals surface area contributed by atoms with E-state index in [1.807, 2.05) is 12.3 Å². The Morgan fingerprint density at radius 1 is 1.39 bits per heavy atom. The van der Waals surface area contributed by atoms with E-state index in [-0.39, 0.29) is 0 Å². The average molecular weight is 243 g/mol. The van der Waals surface area contributed by atoms with Gasteiger partial charge in [0.05, 0.1) is 18.1 Å². The molecule has 4 heterocycles. The van der Waals surface area contributed by atoms with Crippen LogP contribution in [0, 0.1) is 5.92 Å². The zero-order valence-electron chi connectivity index (χ0n) is 10.3. The number of fused-ring (bicyclic) bond motifs is 2. The first-order chi connectivity index (χ1) is 8.90. The third kappa shape index (κ3) is 1.60. The number of furan rings is 1. The van der Waals surface area contributed by atoms with Crippen molar-refractivity contribution >= 4 is 16.8 Å². The molecule has 2 fully saturated rings. The van der Waals surface area contributed by atoms with Crippen LogP contribution in [0.15, 0.2) is 29.0 Å². The molecule has 0 amide bonds. The Morgan fingerprint density at radius 2 is 2.39 bits per heavy atom. The lowest BCUT2D eigenvalue weighted by molar-refractivity contribution is 0.373. The summed E-state index contributed by atoms with van der Waals surface area (Å²) in [5.74, 6) is 0.876. The summed E-state index contributed by atoms with van der Waals surface area (Å²) < 4.78 is 5.43. The van der Waals surface area contributed by atoms with Gasteiger partial charge in [0.1, 0.15) is 5.52 Å². The number of pyridine rings is 1. The van der Waals surface area contributed by atoms with Crippen molar-refractivity contribution in [1.29, 1.82) is 0 Å². The van der Waals surface area contributed by atoms with Gasteiger partial charge in [-0.25, -0.2) is 0 Å². The fourth-order valence-corrected chi connectivity index (χ4v) is 3.28. The van der Waals surface area contributed by atoms with Crippen molar-refractivity contribution in [3.63, 3.8) is 0 Å². The maximum atomic E-state index is 5.43. The van der Waals surface area contributed by atoms with Gasteiger partial charge in [-0.15, -0.1) is 0 Å². The summed E-state index contributed by atoms with van der Waals surface area (Å²) in [6.45, 7) is 3.41. The molecule has 0 saturated carbocycles. The standard InChI is InChI=1S/C14H17N3O/c1-4-15-13-9-17(5-2-10(1)13)11-7-14-12(16-8-11)3-6-18-14/h3,6-8,10,13,15H,1-2,4-5,9H2/t10-,13+/m0/s1. The molecule has 2 aromatic rings. The van der Waals surface area contributed by atoms with E-state index in [1.54, 1.807) is 6.26 Å². The highest BCUT2D eigenvalue weighted by Crippen LogP contribution is 2.29. The van der Waals surface area contributed by atoms with Gasteiger partial charge in [0.2, 0.25) is 0 Å². The van der Waals surface area contributed by atoms with Crippen LogP contribution in [0.1, 0.15) is 12.8 Å². The summed E-state index contributed by atoms with van der Waals surface area (Å²) in [5, 5.41) is 3.60. The zero-order valence-corrected chi connectivity index (χ0v) is 10.3. The largest absolute Gasteiger partial charge is 0.463 e. The number of aromatic nitrogens is 1. The van der Waals surface area contributed by atoms with E-state index in [0.29, 0.717) is 6.04 Å². The summed E-state index contributed by atoms with van der Waals surface area (Å²) in [4.78, 5) is 6.87. The lowest BCUT2D eigenvalue weighted by Crippen LogP contribution is -2.46. The number of anilines is 1. The molecule has 2 saturated heterocycles. The van der Waals surface area contributed by atoms with Crippen LogP contribution in [0.25, 0.3) is 11.1 Å². The smallest absolute Gasteiger partial charge is 0.154 e. The highest BCUT2D eigenvalue weighted by molar-refractivity contribution is 5.76.